The summed E-state index contributed by atoms with van der Waals surface area (Å²) in [5.41, 5.74) is 9.93. The van der Waals surface area contributed by atoms with E-state index in [1.165, 1.54) is 38.6 Å². The minimum Gasteiger partial charge on any atom is -0.330 e. The monoisotopic (exact) mass is 454 g/mol. The molecule has 0 aliphatic heterocycles. The van der Waals surface area contributed by atoms with Crippen LogP contribution in [0.25, 0.3) is 22.1 Å². The van der Waals surface area contributed by atoms with Crippen molar-refractivity contribution in [3.05, 3.63) is 89.5 Å². The Hall–Kier alpha value is -2.97. The second kappa shape index (κ2) is 9.11. The Morgan fingerprint density at radius 3 is 1.58 bits per heavy atom. The molecular formula is C28H31N4P. The lowest BCUT2D eigenvalue weighted by Crippen LogP contribution is -2.13. The quantitative estimate of drug-likeness (QED) is 0.278. The first-order chi connectivity index (χ1) is 16.0. The van der Waals surface area contributed by atoms with Crippen LogP contribution >= 0.6 is 7.92 Å². The smallest absolute Gasteiger partial charge is 0.0958 e. The van der Waals surface area contributed by atoms with Crippen molar-refractivity contribution in [2.45, 2.75) is 40.8 Å². The van der Waals surface area contributed by atoms with Crippen molar-refractivity contribution in [1.82, 2.24) is 19.1 Å². The molecule has 5 heteroatoms. The Balaban J connectivity index is 1.37. The van der Waals surface area contributed by atoms with Gasteiger partial charge in [0.25, 0.3) is 0 Å². The van der Waals surface area contributed by atoms with Crippen LogP contribution in [0.15, 0.2) is 67.3 Å². The SMILES string of the molecule is Cc1cc2ncn(CCP(CCn3cnc4cc(C)c(C)cc43)c3ccccc3)c2cc1C. The summed E-state index contributed by atoms with van der Waals surface area (Å²) < 4.78 is 4.66. The van der Waals surface area contributed by atoms with Crippen molar-refractivity contribution in [3.63, 3.8) is 0 Å². The molecule has 4 nitrogen and oxygen atoms in total. The molecule has 0 radical (unpaired) electrons. The Kier molecular flexibility index (Phi) is 6.03. The summed E-state index contributed by atoms with van der Waals surface area (Å²) in [6, 6.07) is 20.0. The molecule has 5 aromatic rings. The summed E-state index contributed by atoms with van der Waals surface area (Å²) in [5, 5.41) is 1.47. The molecule has 0 saturated heterocycles. The van der Waals surface area contributed by atoms with Crippen LogP contribution in [0.3, 0.4) is 0 Å². The molecule has 2 aromatic heterocycles. The summed E-state index contributed by atoms with van der Waals surface area (Å²) in [6.07, 6.45) is 6.30. The topological polar surface area (TPSA) is 35.6 Å². The zero-order chi connectivity index (χ0) is 22.9. The van der Waals surface area contributed by atoms with Gasteiger partial charge in [-0.25, -0.2) is 9.97 Å². The van der Waals surface area contributed by atoms with Gasteiger partial charge in [-0.1, -0.05) is 38.3 Å². The highest BCUT2D eigenvalue weighted by Crippen LogP contribution is 2.35. The predicted octanol–water partition coefficient (Wildman–Crippen LogP) is 6.13. The van der Waals surface area contributed by atoms with E-state index in [4.69, 9.17) is 0 Å². The normalized spacial score (nSPS) is 11.8. The van der Waals surface area contributed by atoms with E-state index in [-0.39, 0.29) is 7.92 Å². The molecule has 0 amide bonds. The van der Waals surface area contributed by atoms with Crippen molar-refractivity contribution in [1.29, 1.82) is 0 Å². The Morgan fingerprint density at radius 1 is 0.636 bits per heavy atom. The third-order valence-electron chi connectivity index (χ3n) is 6.82. The molecule has 0 N–H and O–H groups in total. The number of benzene rings is 3. The maximum atomic E-state index is 4.67. The standard InChI is InChI=1S/C28H31N4P/c1-20-14-25-27(16-22(20)3)31(18-29-25)10-12-33(24-8-6-5-7-9-24)13-11-32-19-30-26-15-21(2)23(4)17-28(26)32/h5-9,14-19H,10-13H2,1-4H3. The van der Waals surface area contributed by atoms with Crippen LogP contribution < -0.4 is 5.30 Å². The van der Waals surface area contributed by atoms with Gasteiger partial charge in [0, 0.05) is 13.1 Å². The molecule has 0 aliphatic carbocycles. The minimum absolute atomic E-state index is 0.301. The van der Waals surface area contributed by atoms with Gasteiger partial charge < -0.3 is 9.13 Å². The molecule has 168 valence electrons. The van der Waals surface area contributed by atoms with E-state index in [1.54, 1.807) is 0 Å². The van der Waals surface area contributed by atoms with Crippen molar-refractivity contribution >= 4 is 35.3 Å². The largest absolute Gasteiger partial charge is 0.330 e. The second-order valence-corrected chi connectivity index (χ2v) is 11.5. The average Bonchev–Trinajstić information content (AvgIpc) is 3.38. The third kappa shape index (κ3) is 4.45. The highest BCUT2D eigenvalue weighted by atomic mass is 31.1. The number of nitrogens with zero attached hydrogens (tertiary/aromatic N) is 4. The molecule has 0 fully saturated rings. The van der Waals surface area contributed by atoms with Gasteiger partial charge in [-0.3, -0.25) is 0 Å². The van der Waals surface area contributed by atoms with E-state index in [2.05, 4.69) is 101 Å². The molecule has 0 saturated carbocycles. The van der Waals surface area contributed by atoms with Gasteiger partial charge in [-0.2, -0.15) is 0 Å². The Labute approximate surface area is 197 Å². The van der Waals surface area contributed by atoms with E-state index < -0.39 is 0 Å². The van der Waals surface area contributed by atoms with Crippen LogP contribution in [0.5, 0.6) is 0 Å². The lowest BCUT2D eigenvalue weighted by atomic mass is 10.1. The van der Waals surface area contributed by atoms with Crippen molar-refractivity contribution in [2.24, 2.45) is 0 Å². The fraction of sp³-hybridized carbons (Fsp3) is 0.286. The average molecular weight is 455 g/mol. The summed E-state index contributed by atoms with van der Waals surface area (Å²) in [4.78, 5) is 9.33. The van der Waals surface area contributed by atoms with Gasteiger partial charge in [-0.15, -0.1) is 0 Å². The first-order valence-corrected chi connectivity index (χ1v) is 13.3. The maximum Gasteiger partial charge on any atom is 0.0958 e. The molecule has 0 unspecified atom stereocenters. The fourth-order valence-corrected chi connectivity index (χ4v) is 6.70. The number of hydrogen-bond donors (Lipinski definition) is 0. The molecule has 0 spiro atoms. The summed E-state index contributed by atoms with van der Waals surface area (Å²) in [6.45, 7) is 10.7. The van der Waals surface area contributed by atoms with Crippen LogP contribution in [0.2, 0.25) is 0 Å². The van der Waals surface area contributed by atoms with E-state index in [0.29, 0.717) is 0 Å². The molecule has 5 rings (SSSR count). The number of aryl methyl sites for hydroxylation is 6. The van der Waals surface area contributed by atoms with Gasteiger partial charge in [0.1, 0.15) is 0 Å². The lowest BCUT2D eigenvalue weighted by Gasteiger charge is -2.19. The number of imidazole rings is 2. The van der Waals surface area contributed by atoms with Crippen molar-refractivity contribution < 1.29 is 0 Å². The number of hydrogen-bond acceptors (Lipinski definition) is 2. The van der Waals surface area contributed by atoms with Crippen LogP contribution in [0.4, 0.5) is 0 Å². The molecular weight excluding hydrogens is 423 g/mol. The minimum atomic E-state index is -0.301. The number of rotatable bonds is 7. The van der Waals surface area contributed by atoms with Crippen molar-refractivity contribution in [2.75, 3.05) is 12.3 Å². The van der Waals surface area contributed by atoms with Crippen LogP contribution in [-0.2, 0) is 13.1 Å². The van der Waals surface area contributed by atoms with E-state index >= 15 is 0 Å². The first-order valence-electron chi connectivity index (χ1n) is 11.6. The molecule has 2 heterocycles. The molecule has 0 atom stereocenters. The number of fused-ring (bicyclic) bond motifs is 2. The Morgan fingerprint density at radius 2 is 1.09 bits per heavy atom. The van der Waals surface area contributed by atoms with Gasteiger partial charge in [0.2, 0.25) is 0 Å². The van der Waals surface area contributed by atoms with Crippen LogP contribution in [0, 0.1) is 27.7 Å². The van der Waals surface area contributed by atoms with Gasteiger partial charge in [-0.05, 0) is 91.8 Å². The van der Waals surface area contributed by atoms with Crippen LogP contribution in [-0.4, -0.2) is 31.4 Å². The van der Waals surface area contributed by atoms with Gasteiger partial charge >= 0.3 is 0 Å². The summed E-state index contributed by atoms with van der Waals surface area (Å²) >= 11 is 0. The summed E-state index contributed by atoms with van der Waals surface area (Å²) in [5.74, 6) is 0. The highest BCUT2D eigenvalue weighted by Gasteiger charge is 2.14. The van der Waals surface area contributed by atoms with E-state index in [0.717, 1.165) is 36.4 Å². The zero-order valence-electron chi connectivity index (χ0n) is 19.9. The van der Waals surface area contributed by atoms with Gasteiger partial charge in [0.05, 0.1) is 34.7 Å². The number of aromatic nitrogens is 4. The molecule has 3 aromatic carbocycles. The summed E-state index contributed by atoms with van der Waals surface area (Å²) in [7, 11) is -0.301. The molecule has 0 aliphatic rings. The third-order valence-corrected chi connectivity index (χ3v) is 9.32. The van der Waals surface area contributed by atoms with E-state index in [1.807, 2.05) is 12.7 Å². The van der Waals surface area contributed by atoms with E-state index in [9.17, 15) is 0 Å². The fourth-order valence-electron chi connectivity index (χ4n) is 4.45. The first kappa shape index (κ1) is 21.9. The lowest BCUT2D eigenvalue weighted by molar-refractivity contribution is 0.775. The van der Waals surface area contributed by atoms with Gasteiger partial charge in [0.15, 0.2) is 0 Å². The van der Waals surface area contributed by atoms with Crippen LogP contribution in [0.1, 0.15) is 22.3 Å². The maximum absolute atomic E-state index is 4.67. The second-order valence-electron chi connectivity index (χ2n) is 9.05. The Bertz CT molecular complexity index is 1320. The predicted molar refractivity (Wildman–Crippen MR) is 141 cm³/mol. The highest BCUT2D eigenvalue weighted by molar-refractivity contribution is 7.65. The van der Waals surface area contributed by atoms with Crippen molar-refractivity contribution in [3.8, 4) is 0 Å². The molecule has 33 heavy (non-hydrogen) atoms. The molecule has 0 bridgehead atoms. The zero-order valence-corrected chi connectivity index (χ0v) is 20.8.